The maximum atomic E-state index is 13.2. The molecule has 0 saturated heterocycles. The maximum Gasteiger partial charge on any atom is 0.340 e. The Kier molecular flexibility index (Phi) is 4.78. The zero-order valence-electron chi connectivity index (χ0n) is 13.8. The molecule has 0 N–H and O–H groups in total. The van der Waals surface area contributed by atoms with E-state index in [1.54, 1.807) is 38.1 Å². The Labute approximate surface area is 150 Å². The number of benzene rings is 1. The van der Waals surface area contributed by atoms with Crippen molar-refractivity contribution in [2.24, 2.45) is 0 Å². The molecule has 0 aliphatic carbocycles. The molecular weight excluding hydrogens is 358 g/mol. The van der Waals surface area contributed by atoms with Gasteiger partial charge in [-0.25, -0.2) is 17.2 Å². The number of rotatable bonds is 5. The van der Waals surface area contributed by atoms with Crippen molar-refractivity contribution in [1.29, 1.82) is 0 Å². The van der Waals surface area contributed by atoms with E-state index < -0.39 is 16.0 Å². The molecule has 2 aromatic heterocycles. The molecule has 3 aromatic rings. The quantitative estimate of drug-likeness (QED) is 0.634. The Morgan fingerprint density at radius 1 is 1.20 bits per heavy atom. The number of ether oxygens (including phenoxy) is 1. The largest absolute Gasteiger partial charge is 0.462 e. The number of esters is 1. The third kappa shape index (κ3) is 3.12. The van der Waals surface area contributed by atoms with Gasteiger partial charge in [0, 0.05) is 16.6 Å². The second kappa shape index (κ2) is 6.85. The van der Waals surface area contributed by atoms with Gasteiger partial charge in [-0.1, -0.05) is 18.2 Å². The smallest absolute Gasteiger partial charge is 0.340 e. The van der Waals surface area contributed by atoms with Crippen LogP contribution in [0, 0.1) is 6.92 Å². The fourth-order valence-corrected chi connectivity index (χ4v) is 4.86. The molecule has 0 amide bonds. The van der Waals surface area contributed by atoms with E-state index in [9.17, 15) is 13.2 Å². The predicted molar refractivity (Wildman–Crippen MR) is 97.5 cm³/mol. The van der Waals surface area contributed by atoms with E-state index in [4.69, 9.17) is 4.74 Å². The van der Waals surface area contributed by atoms with E-state index in [1.165, 1.54) is 27.4 Å². The van der Waals surface area contributed by atoms with Gasteiger partial charge >= 0.3 is 5.97 Å². The normalized spacial score (nSPS) is 11.4. The van der Waals surface area contributed by atoms with Crippen molar-refractivity contribution >= 4 is 27.3 Å². The fraction of sp³-hybridized carbons (Fsp3) is 0.167. The fourth-order valence-electron chi connectivity index (χ4n) is 2.62. The summed E-state index contributed by atoms with van der Waals surface area (Å²) in [5.74, 6) is -0.529. The van der Waals surface area contributed by atoms with Crippen LogP contribution in [-0.4, -0.2) is 25.0 Å². The van der Waals surface area contributed by atoms with E-state index in [0.717, 1.165) is 5.56 Å². The van der Waals surface area contributed by atoms with E-state index >= 15 is 0 Å². The van der Waals surface area contributed by atoms with E-state index in [-0.39, 0.29) is 17.1 Å². The van der Waals surface area contributed by atoms with Crippen LogP contribution in [0.2, 0.25) is 0 Å². The summed E-state index contributed by atoms with van der Waals surface area (Å²) >= 11 is 1.46. The van der Waals surface area contributed by atoms with Crippen LogP contribution < -0.4 is 0 Å². The molecule has 0 unspecified atom stereocenters. The predicted octanol–water partition coefficient (Wildman–Crippen LogP) is 3.94. The minimum absolute atomic E-state index is 0.167. The molecule has 2 heterocycles. The molecule has 0 radical (unpaired) electrons. The van der Waals surface area contributed by atoms with Crippen molar-refractivity contribution in [1.82, 2.24) is 3.97 Å². The topological polar surface area (TPSA) is 65.4 Å². The van der Waals surface area contributed by atoms with E-state index in [2.05, 4.69) is 0 Å². The Hall–Kier alpha value is -2.38. The highest BCUT2D eigenvalue weighted by atomic mass is 32.2. The van der Waals surface area contributed by atoms with Crippen molar-refractivity contribution in [3.05, 3.63) is 64.5 Å². The van der Waals surface area contributed by atoms with Gasteiger partial charge in [0.2, 0.25) is 0 Å². The third-order valence-corrected chi connectivity index (χ3v) is 6.29. The molecule has 130 valence electrons. The highest BCUT2D eigenvalue weighted by molar-refractivity contribution is 7.90. The average molecular weight is 375 g/mol. The molecule has 0 aliphatic heterocycles. The lowest BCUT2D eigenvalue weighted by atomic mass is 10.2. The Morgan fingerprint density at radius 2 is 1.92 bits per heavy atom. The third-order valence-electron chi connectivity index (χ3n) is 3.79. The van der Waals surface area contributed by atoms with Crippen LogP contribution in [0.1, 0.15) is 23.0 Å². The summed E-state index contributed by atoms with van der Waals surface area (Å²) in [6.45, 7) is 3.55. The van der Waals surface area contributed by atoms with Gasteiger partial charge in [-0.2, -0.15) is 11.3 Å². The Bertz CT molecular complexity index is 987. The van der Waals surface area contributed by atoms with Gasteiger partial charge in [0.25, 0.3) is 10.0 Å². The van der Waals surface area contributed by atoms with Crippen molar-refractivity contribution in [3.8, 4) is 11.3 Å². The first-order valence-corrected chi connectivity index (χ1v) is 10.1. The molecule has 5 nitrogen and oxygen atoms in total. The summed E-state index contributed by atoms with van der Waals surface area (Å²) in [5, 5.41) is 3.71. The van der Waals surface area contributed by atoms with Gasteiger partial charge in [-0.05, 0) is 43.5 Å². The molecule has 0 aliphatic rings. The summed E-state index contributed by atoms with van der Waals surface area (Å²) < 4.78 is 32.6. The van der Waals surface area contributed by atoms with Crippen molar-refractivity contribution in [2.75, 3.05) is 6.61 Å². The van der Waals surface area contributed by atoms with Crippen LogP contribution in [0.4, 0.5) is 0 Å². The van der Waals surface area contributed by atoms with Crippen molar-refractivity contribution < 1.29 is 17.9 Å². The maximum absolute atomic E-state index is 13.2. The van der Waals surface area contributed by atoms with E-state index in [1.807, 2.05) is 16.8 Å². The second-order valence-electron chi connectivity index (χ2n) is 5.34. The van der Waals surface area contributed by atoms with Crippen molar-refractivity contribution in [3.63, 3.8) is 0 Å². The molecule has 0 saturated carbocycles. The van der Waals surface area contributed by atoms with Crippen LogP contribution >= 0.6 is 11.3 Å². The molecule has 0 fully saturated rings. The lowest BCUT2D eigenvalue weighted by molar-refractivity contribution is 0.0525. The van der Waals surface area contributed by atoms with Gasteiger partial charge in [-0.15, -0.1) is 0 Å². The van der Waals surface area contributed by atoms with Crippen LogP contribution in [-0.2, 0) is 14.8 Å². The number of carbonyl (C=O) groups excluding carboxylic acids is 1. The number of nitrogens with zero attached hydrogens (tertiary/aromatic N) is 1. The average Bonchev–Trinajstić information content (AvgIpc) is 3.23. The van der Waals surface area contributed by atoms with Gasteiger partial charge in [0.1, 0.15) is 0 Å². The summed E-state index contributed by atoms with van der Waals surface area (Å²) in [5.41, 5.74) is 1.78. The molecule has 7 heteroatoms. The first-order chi connectivity index (χ1) is 12.0. The summed E-state index contributed by atoms with van der Waals surface area (Å²) in [4.78, 5) is 12.4. The standard InChI is InChI=1S/C18H17NO4S2/c1-3-23-18(20)16-11-17(14-9-10-24-12-14)19(13(16)2)25(21,22)15-7-5-4-6-8-15/h4-12H,3H2,1-2H3. The molecule has 0 bridgehead atoms. The number of thiophene rings is 1. The minimum atomic E-state index is -3.84. The Balaban J connectivity index is 2.26. The van der Waals surface area contributed by atoms with Crippen LogP contribution in [0.5, 0.6) is 0 Å². The lowest BCUT2D eigenvalue weighted by Gasteiger charge is -2.12. The molecular formula is C18H17NO4S2. The van der Waals surface area contributed by atoms with Gasteiger partial charge in [-0.3, -0.25) is 0 Å². The van der Waals surface area contributed by atoms with Gasteiger partial charge in [0.05, 0.1) is 22.8 Å². The summed E-state index contributed by atoms with van der Waals surface area (Å²) in [6.07, 6.45) is 0. The molecule has 3 rings (SSSR count). The zero-order valence-corrected chi connectivity index (χ0v) is 15.4. The van der Waals surface area contributed by atoms with Gasteiger partial charge < -0.3 is 4.74 Å². The first kappa shape index (κ1) is 17.4. The molecule has 1 aromatic carbocycles. The lowest BCUT2D eigenvalue weighted by Crippen LogP contribution is -2.16. The highest BCUT2D eigenvalue weighted by Crippen LogP contribution is 2.31. The highest BCUT2D eigenvalue weighted by Gasteiger charge is 2.27. The van der Waals surface area contributed by atoms with Crippen LogP contribution in [0.3, 0.4) is 0 Å². The zero-order chi connectivity index (χ0) is 18.0. The number of carbonyl (C=O) groups is 1. The monoisotopic (exact) mass is 375 g/mol. The van der Waals surface area contributed by atoms with Gasteiger partial charge in [0.15, 0.2) is 0 Å². The minimum Gasteiger partial charge on any atom is -0.462 e. The number of hydrogen-bond acceptors (Lipinski definition) is 5. The van der Waals surface area contributed by atoms with Crippen LogP contribution in [0.25, 0.3) is 11.3 Å². The molecule has 0 atom stereocenters. The van der Waals surface area contributed by atoms with Crippen LogP contribution in [0.15, 0.2) is 58.1 Å². The molecule has 25 heavy (non-hydrogen) atoms. The van der Waals surface area contributed by atoms with Crippen molar-refractivity contribution in [2.45, 2.75) is 18.7 Å². The number of aromatic nitrogens is 1. The number of hydrogen-bond donors (Lipinski definition) is 0. The molecule has 0 spiro atoms. The summed E-state index contributed by atoms with van der Waals surface area (Å²) in [7, 11) is -3.84. The summed E-state index contributed by atoms with van der Waals surface area (Å²) in [6, 6.07) is 11.6. The van der Waals surface area contributed by atoms with E-state index in [0.29, 0.717) is 11.4 Å². The second-order valence-corrected chi connectivity index (χ2v) is 7.91. The Morgan fingerprint density at radius 3 is 2.52 bits per heavy atom. The first-order valence-electron chi connectivity index (χ1n) is 7.69. The SMILES string of the molecule is CCOC(=O)c1cc(-c2ccsc2)n(S(=O)(=O)c2ccccc2)c1C.